The number of ether oxygens (including phenoxy) is 1. The van der Waals surface area contributed by atoms with E-state index in [9.17, 15) is 18.0 Å². The van der Waals surface area contributed by atoms with E-state index in [0.29, 0.717) is 5.16 Å². The van der Waals surface area contributed by atoms with Crippen LogP contribution in [0.2, 0.25) is 0 Å². The molecule has 8 heteroatoms. The van der Waals surface area contributed by atoms with Gasteiger partial charge in [0.1, 0.15) is 5.76 Å². The predicted molar refractivity (Wildman–Crippen MR) is 60.8 cm³/mol. The summed E-state index contributed by atoms with van der Waals surface area (Å²) in [5.74, 6) is -0.917. The van der Waals surface area contributed by atoms with Crippen LogP contribution in [0.15, 0.2) is 46.4 Å². The highest BCUT2D eigenvalue weighted by atomic mass is 32.2. The minimum Gasteiger partial charge on any atom is -0.423 e. The lowest BCUT2D eigenvalue weighted by Crippen LogP contribution is -2.12. The van der Waals surface area contributed by atoms with Crippen LogP contribution < -0.4 is 0 Å². The van der Waals surface area contributed by atoms with Gasteiger partial charge in [-0.1, -0.05) is 11.8 Å². The van der Waals surface area contributed by atoms with Crippen LogP contribution in [-0.4, -0.2) is 22.1 Å². The number of nitrogens with zero attached hydrogens (tertiary/aromatic N) is 2. The smallest absolute Gasteiger partial charge is 0.393 e. The minimum absolute atomic E-state index is 0.0571. The Labute approximate surface area is 110 Å². The molecule has 0 radical (unpaired) electrons. The number of rotatable bonds is 3. The number of allylic oxidation sites excluding steroid dienone is 1. The van der Waals surface area contributed by atoms with Gasteiger partial charge in [0.25, 0.3) is 0 Å². The van der Waals surface area contributed by atoms with Crippen LogP contribution in [0.25, 0.3) is 0 Å². The molecule has 0 spiro atoms. The summed E-state index contributed by atoms with van der Waals surface area (Å²) in [7, 11) is 0. The third-order valence-corrected chi connectivity index (χ3v) is 2.77. The number of carbonyl (C=O) groups excluding carboxylic acids is 1. The molecule has 0 bridgehead atoms. The van der Waals surface area contributed by atoms with Crippen LogP contribution in [0.1, 0.15) is 6.42 Å². The lowest BCUT2D eigenvalue weighted by Gasteiger charge is -2.03. The standard InChI is InChI=1S/C11H7F3N2O2S/c12-11(13,14)5-7-4-8(18-9(7)17)6-19-10-15-2-1-3-16-10/h1-4,6H,5H2/b8-6+. The van der Waals surface area contributed by atoms with Gasteiger partial charge in [-0.05, 0) is 12.1 Å². The Kier molecular flexibility index (Phi) is 3.89. The van der Waals surface area contributed by atoms with Crippen molar-refractivity contribution in [1.29, 1.82) is 0 Å². The van der Waals surface area contributed by atoms with Gasteiger partial charge in [0.2, 0.25) is 0 Å². The molecule has 0 saturated carbocycles. The molecule has 0 aliphatic carbocycles. The average Bonchev–Trinajstić information content (AvgIpc) is 2.67. The van der Waals surface area contributed by atoms with Gasteiger partial charge in [0.05, 0.1) is 12.0 Å². The Bertz CT molecular complexity index is 541. The highest BCUT2D eigenvalue weighted by Crippen LogP contribution is 2.30. The van der Waals surface area contributed by atoms with Crippen molar-refractivity contribution in [2.45, 2.75) is 17.8 Å². The molecule has 2 heterocycles. The van der Waals surface area contributed by atoms with Crippen LogP contribution in [0, 0.1) is 0 Å². The van der Waals surface area contributed by atoms with Crippen molar-refractivity contribution in [3.63, 3.8) is 0 Å². The summed E-state index contributed by atoms with van der Waals surface area (Å²) in [4.78, 5) is 19.0. The molecular weight excluding hydrogens is 281 g/mol. The van der Waals surface area contributed by atoms with E-state index in [1.54, 1.807) is 6.07 Å². The number of carbonyl (C=O) groups is 1. The van der Waals surface area contributed by atoms with Crippen LogP contribution in [0.3, 0.4) is 0 Å². The van der Waals surface area contributed by atoms with Gasteiger partial charge in [-0.15, -0.1) is 0 Å². The van der Waals surface area contributed by atoms with E-state index in [4.69, 9.17) is 4.74 Å². The highest BCUT2D eigenvalue weighted by Gasteiger charge is 2.34. The van der Waals surface area contributed by atoms with Crippen molar-refractivity contribution < 1.29 is 22.7 Å². The molecule has 0 atom stereocenters. The zero-order chi connectivity index (χ0) is 13.9. The third-order valence-electron chi connectivity index (χ3n) is 2.00. The molecule has 0 saturated heterocycles. The van der Waals surface area contributed by atoms with Crippen molar-refractivity contribution in [2.75, 3.05) is 0 Å². The highest BCUT2D eigenvalue weighted by molar-refractivity contribution is 8.02. The van der Waals surface area contributed by atoms with E-state index in [0.717, 1.165) is 17.8 Å². The molecule has 0 unspecified atom stereocenters. The molecule has 19 heavy (non-hydrogen) atoms. The first kappa shape index (κ1) is 13.6. The Morgan fingerprint density at radius 3 is 2.63 bits per heavy atom. The van der Waals surface area contributed by atoms with Crippen LogP contribution >= 0.6 is 11.8 Å². The maximum absolute atomic E-state index is 12.2. The third kappa shape index (κ3) is 4.09. The SMILES string of the molecule is O=C1O/C(=C/Sc2ncccn2)C=C1CC(F)(F)F. The maximum Gasteiger partial charge on any atom is 0.393 e. The Hall–Kier alpha value is -1.83. The number of alkyl halides is 3. The fourth-order valence-electron chi connectivity index (χ4n) is 1.29. The quantitative estimate of drug-likeness (QED) is 0.486. The lowest BCUT2D eigenvalue weighted by molar-refractivity contribution is -0.142. The zero-order valence-electron chi connectivity index (χ0n) is 9.35. The maximum atomic E-state index is 12.2. The first-order valence-electron chi connectivity index (χ1n) is 5.07. The van der Waals surface area contributed by atoms with Gasteiger partial charge in [0.15, 0.2) is 5.16 Å². The van der Waals surface area contributed by atoms with Gasteiger partial charge >= 0.3 is 12.1 Å². The molecule has 4 nitrogen and oxygen atoms in total. The number of cyclic esters (lactones) is 1. The van der Waals surface area contributed by atoms with Crippen molar-refractivity contribution in [3.05, 3.63) is 41.3 Å². The summed E-state index contributed by atoms with van der Waals surface area (Å²) < 4.78 is 41.2. The monoisotopic (exact) mass is 288 g/mol. The number of thioether (sulfide) groups is 1. The van der Waals surface area contributed by atoms with Gasteiger partial charge in [-0.2, -0.15) is 13.2 Å². The van der Waals surface area contributed by atoms with E-state index in [2.05, 4.69) is 9.97 Å². The minimum atomic E-state index is -4.43. The van der Waals surface area contributed by atoms with E-state index in [1.165, 1.54) is 17.8 Å². The van der Waals surface area contributed by atoms with E-state index < -0.39 is 24.1 Å². The Balaban J connectivity index is 2.05. The Morgan fingerprint density at radius 1 is 1.32 bits per heavy atom. The summed E-state index contributed by atoms with van der Waals surface area (Å²) in [6.45, 7) is 0. The summed E-state index contributed by atoms with van der Waals surface area (Å²) in [6.07, 6.45) is -1.60. The molecule has 1 aromatic rings. The predicted octanol–water partition coefficient (Wildman–Crippen LogP) is 2.85. The van der Waals surface area contributed by atoms with E-state index in [1.807, 2.05) is 0 Å². The molecular formula is C11H7F3N2O2S. The fraction of sp³-hybridized carbons (Fsp3) is 0.182. The molecule has 2 rings (SSSR count). The largest absolute Gasteiger partial charge is 0.423 e. The van der Waals surface area contributed by atoms with Crippen LogP contribution in [-0.2, 0) is 9.53 Å². The van der Waals surface area contributed by atoms with Crippen molar-refractivity contribution in [2.24, 2.45) is 0 Å². The number of hydrogen-bond acceptors (Lipinski definition) is 5. The fourth-order valence-corrected chi connectivity index (χ4v) is 1.87. The normalized spacial score (nSPS) is 17.5. The second-order valence-corrected chi connectivity index (χ2v) is 4.36. The van der Waals surface area contributed by atoms with E-state index in [-0.39, 0.29) is 5.76 Å². The second-order valence-electron chi connectivity index (χ2n) is 3.52. The van der Waals surface area contributed by atoms with Crippen LogP contribution in [0.4, 0.5) is 13.2 Å². The molecule has 100 valence electrons. The molecule has 1 aromatic heterocycles. The number of hydrogen-bond donors (Lipinski definition) is 0. The van der Waals surface area contributed by atoms with Gasteiger partial charge in [0, 0.05) is 17.8 Å². The van der Waals surface area contributed by atoms with Gasteiger partial charge < -0.3 is 4.74 Å². The molecule has 0 aromatic carbocycles. The van der Waals surface area contributed by atoms with Crippen LogP contribution in [0.5, 0.6) is 0 Å². The topological polar surface area (TPSA) is 52.1 Å². The summed E-state index contributed by atoms with van der Waals surface area (Å²) >= 11 is 1.05. The number of aromatic nitrogens is 2. The first-order chi connectivity index (χ1) is 8.94. The first-order valence-corrected chi connectivity index (χ1v) is 5.95. The van der Waals surface area contributed by atoms with Gasteiger partial charge in [-0.25, -0.2) is 14.8 Å². The molecule has 0 fully saturated rings. The summed E-state index contributed by atoms with van der Waals surface area (Å²) in [5.41, 5.74) is -0.409. The molecule has 0 N–H and O–H groups in total. The summed E-state index contributed by atoms with van der Waals surface area (Å²) in [5, 5.41) is 1.79. The number of esters is 1. The average molecular weight is 288 g/mol. The van der Waals surface area contributed by atoms with E-state index >= 15 is 0 Å². The molecule has 0 amide bonds. The van der Waals surface area contributed by atoms with Gasteiger partial charge in [-0.3, -0.25) is 0 Å². The molecule has 1 aliphatic rings. The Morgan fingerprint density at radius 2 is 2.00 bits per heavy atom. The van der Waals surface area contributed by atoms with Crippen molar-refractivity contribution >= 4 is 17.7 Å². The number of halogens is 3. The second kappa shape index (κ2) is 5.43. The lowest BCUT2D eigenvalue weighted by atomic mass is 10.2. The summed E-state index contributed by atoms with van der Waals surface area (Å²) in [6, 6.07) is 1.63. The zero-order valence-corrected chi connectivity index (χ0v) is 10.2. The van der Waals surface area contributed by atoms with Crippen molar-refractivity contribution in [3.8, 4) is 0 Å². The van der Waals surface area contributed by atoms with Crippen molar-refractivity contribution in [1.82, 2.24) is 9.97 Å². The molecule has 1 aliphatic heterocycles.